The summed E-state index contributed by atoms with van der Waals surface area (Å²) < 4.78 is 10.2. The van der Waals surface area contributed by atoms with Crippen LogP contribution in [0.25, 0.3) is 0 Å². The van der Waals surface area contributed by atoms with Crippen molar-refractivity contribution < 1.29 is 9.47 Å². The van der Waals surface area contributed by atoms with Gasteiger partial charge in [0.15, 0.2) is 0 Å². The maximum atomic E-state index is 5.30. The molecule has 0 atom stereocenters. The van der Waals surface area contributed by atoms with Crippen LogP contribution >= 0.6 is 0 Å². The second kappa shape index (κ2) is 10.9. The highest BCUT2D eigenvalue weighted by Gasteiger charge is 1.91. The van der Waals surface area contributed by atoms with Crippen LogP contribution in [0.15, 0.2) is 0 Å². The van der Waals surface area contributed by atoms with E-state index in [1.807, 2.05) is 0 Å². The molecule has 0 rings (SSSR count). The molecule has 14 heavy (non-hydrogen) atoms. The van der Waals surface area contributed by atoms with E-state index >= 15 is 0 Å². The Morgan fingerprint density at radius 3 is 2.50 bits per heavy atom. The minimum Gasteiger partial charge on any atom is -0.382 e. The summed E-state index contributed by atoms with van der Waals surface area (Å²) in [6.07, 6.45) is 1.19. The topological polar surface area (TPSA) is 33.7 Å². The van der Waals surface area contributed by atoms with E-state index < -0.39 is 0 Å². The SMILES string of the molecule is COCCOCCNCCCN(C)C. The van der Waals surface area contributed by atoms with Gasteiger partial charge in [-0.3, -0.25) is 0 Å². The first-order chi connectivity index (χ1) is 6.77. The van der Waals surface area contributed by atoms with Crippen molar-refractivity contribution >= 4 is 0 Å². The summed E-state index contributed by atoms with van der Waals surface area (Å²) in [4.78, 5) is 2.19. The maximum Gasteiger partial charge on any atom is 0.0700 e. The van der Waals surface area contributed by atoms with Crippen LogP contribution in [0.3, 0.4) is 0 Å². The van der Waals surface area contributed by atoms with E-state index in [1.165, 1.54) is 6.42 Å². The van der Waals surface area contributed by atoms with E-state index in [-0.39, 0.29) is 0 Å². The van der Waals surface area contributed by atoms with E-state index in [0.29, 0.717) is 13.2 Å². The Morgan fingerprint density at radius 2 is 1.86 bits per heavy atom. The standard InChI is InChI=1S/C10H24N2O2/c1-12(2)7-4-5-11-6-8-14-10-9-13-3/h11H,4-10H2,1-3H3. The fourth-order valence-electron chi connectivity index (χ4n) is 1.03. The number of nitrogens with zero attached hydrogens (tertiary/aromatic N) is 1. The average molecular weight is 204 g/mol. The van der Waals surface area contributed by atoms with E-state index in [9.17, 15) is 0 Å². The van der Waals surface area contributed by atoms with Gasteiger partial charge in [0, 0.05) is 13.7 Å². The van der Waals surface area contributed by atoms with Crippen LogP contribution in [-0.4, -0.2) is 65.6 Å². The molecule has 0 bridgehead atoms. The summed E-state index contributed by atoms with van der Waals surface area (Å²) in [6.45, 7) is 5.27. The zero-order valence-electron chi connectivity index (χ0n) is 9.71. The number of hydrogen-bond acceptors (Lipinski definition) is 4. The van der Waals surface area contributed by atoms with Crippen LogP contribution < -0.4 is 5.32 Å². The maximum absolute atomic E-state index is 5.30. The van der Waals surface area contributed by atoms with Crippen molar-refractivity contribution in [2.24, 2.45) is 0 Å². The first kappa shape index (κ1) is 13.8. The monoisotopic (exact) mass is 204 g/mol. The molecular formula is C10H24N2O2. The summed E-state index contributed by atoms with van der Waals surface area (Å²) in [7, 11) is 5.87. The summed E-state index contributed by atoms with van der Waals surface area (Å²) in [5.41, 5.74) is 0. The van der Waals surface area contributed by atoms with Crippen molar-refractivity contribution in [3.63, 3.8) is 0 Å². The number of nitrogens with one attached hydrogen (secondary N) is 1. The van der Waals surface area contributed by atoms with Crippen molar-refractivity contribution in [1.29, 1.82) is 0 Å². The second-order valence-electron chi connectivity index (χ2n) is 3.51. The molecule has 0 amide bonds. The molecule has 0 aliphatic carbocycles. The van der Waals surface area contributed by atoms with Crippen molar-refractivity contribution in [3.05, 3.63) is 0 Å². The van der Waals surface area contributed by atoms with E-state index in [2.05, 4.69) is 24.3 Å². The fraction of sp³-hybridized carbons (Fsp3) is 1.00. The molecule has 1 N–H and O–H groups in total. The summed E-state index contributed by atoms with van der Waals surface area (Å²) >= 11 is 0. The summed E-state index contributed by atoms with van der Waals surface area (Å²) in [5, 5.41) is 3.33. The fourth-order valence-corrected chi connectivity index (χ4v) is 1.03. The molecule has 0 aliphatic heterocycles. The van der Waals surface area contributed by atoms with Gasteiger partial charge in [-0.25, -0.2) is 0 Å². The van der Waals surface area contributed by atoms with Crippen LogP contribution in [0.4, 0.5) is 0 Å². The van der Waals surface area contributed by atoms with Gasteiger partial charge >= 0.3 is 0 Å². The largest absolute Gasteiger partial charge is 0.382 e. The van der Waals surface area contributed by atoms with Crippen molar-refractivity contribution in [2.45, 2.75) is 6.42 Å². The van der Waals surface area contributed by atoms with E-state index in [0.717, 1.165) is 26.2 Å². The smallest absolute Gasteiger partial charge is 0.0700 e. The molecule has 0 unspecified atom stereocenters. The highest BCUT2D eigenvalue weighted by Crippen LogP contribution is 1.80. The van der Waals surface area contributed by atoms with Crippen LogP contribution in [0, 0.1) is 0 Å². The lowest BCUT2D eigenvalue weighted by atomic mass is 10.4. The Balaban J connectivity index is 2.85. The Morgan fingerprint density at radius 1 is 1.07 bits per heavy atom. The minimum absolute atomic E-state index is 0.681. The zero-order valence-corrected chi connectivity index (χ0v) is 9.71. The molecule has 0 aliphatic rings. The van der Waals surface area contributed by atoms with Gasteiger partial charge < -0.3 is 19.7 Å². The van der Waals surface area contributed by atoms with E-state index in [4.69, 9.17) is 9.47 Å². The Kier molecular flexibility index (Phi) is 10.8. The van der Waals surface area contributed by atoms with Gasteiger partial charge in [0.25, 0.3) is 0 Å². The molecule has 86 valence electrons. The lowest BCUT2D eigenvalue weighted by Gasteiger charge is -2.09. The zero-order chi connectivity index (χ0) is 10.6. The molecule has 0 radical (unpaired) electrons. The number of rotatable bonds is 10. The van der Waals surface area contributed by atoms with Crippen molar-refractivity contribution in [1.82, 2.24) is 10.2 Å². The molecule has 0 fully saturated rings. The third-order valence-electron chi connectivity index (χ3n) is 1.81. The molecule has 0 spiro atoms. The van der Waals surface area contributed by atoms with Gasteiger partial charge in [-0.2, -0.15) is 0 Å². The molecular weight excluding hydrogens is 180 g/mol. The average Bonchev–Trinajstić information content (AvgIpc) is 2.15. The molecule has 0 aromatic heterocycles. The van der Waals surface area contributed by atoms with Crippen molar-refractivity contribution in [2.75, 3.05) is 60.7 Å². The lowest BCUT2D eigenvalue weighted by Crippen LogP contribution is -2.24. The highest BCUT2D eigenvalue weighted by molar-refractivity contribution is 4.49. The predicted molar refractivity (Wildman–Crippen MR) is 58.7 cm³/mol. The Hall–Kier alpha value is -0.160. The third-order valence-corrected chi connectivity index (χ3v) is 1.81. The molecule has 4 nitrogen and oxygen atoms in total. The molecule has 0 aromatic carbocycles. The number of ether oxygens (including phenoxy) is 2. The predicted octanol–water partition coefficient (Wildman–Crippen LogP) is 0.191. The van der Waals surface area contributed by atoms with Gasteiger partial charge in [-0.1, -0.05) is 0 Å². The molecule has 0 saturated carbocycles. The summed E-state index contributed by atoms with van der Waals surface area (Å²) in [6, 6.07) is 0. The molecule has 0 saturated heterocycles. The van der Waals surface area contributed by atoms with Gasteiger partial charge in [-0.05, 0) is 33.6 Å². The van der Waals surface area contributed by atoms with Crippen LogP contribution in [-0.2, 0) is 9.47 Å². The number of methoxy groups -OCH3 is 1. The van der Waals surface area contributed by atoms with Gasteiger partial charge in [0.05, 0.1) is 19.8 Å². The van der Waals surface area contributed by atoms with Gasteiger partial charge in [0.2, 0.25) is 0 Å². The third kappa shape index (κ3) is 11.8. The number of hydrogen-bond donors (Lipinski definition) is 1. The second-order valence-corrected chi connectivity index (χ2v) is 3.51. The highest BCUT2D eigenvalue weighted by atomic mass is 16.5. The first-order valence-electron chi connectivity index (χ1n) is 5.19. The first-order valence-corrected chi connectivity index (χ1v) is 5.19. The molecule has 0 aromatic rings. The van der Waals surface area contributed by atoms with Crippen LogP contribution in [0.1, 0.15) is 6.42 Å². The van der Waals surface area contributed by atoms with Crippen molar-refractivity contribution in [3.8, 4) is 0 Å². The van der Waals surface area contributed by atoms with Crippen LogP contribution in [0.2, 0.25) is 0 Å². The van der Waals surface area contributed by atoms with Crippen LogP contribution in [0.5, 0.6) is 0 Å². The van der Waals surface area contributed by atoms with E-state index in [1.54, 1.807) is 7.11 Å². The Bertz CT molecular complexity index is 110. The quantitative estimate of drug-likeness (QED) is 0.515. The Labute approximate surface area is 87.6 Å². The van der Waals surface area contributed by atoms with Gasteiger partial charge in [0.1, 0.15) is 0 Å². The normalized spacial score (nSPS) is 11.1. The molecule has 4 heteroatoms. The minimum atomic E-state index is 0.681. The molecule has 0 heterocycles. The summed E-state index contributed by atoms with van der Waals surface area (Å²) in [5.74, 6) is 0. The van der Waals surface area contributed by atoms with Gasteiger partial charge in [-0.15, -0.1) is 0 Å². The lowest BCUT2D eigenvalue weighted by molar-refractivity contribution is 0.0720.